The molecule has 1 atom stereocenters. The van der Waals surface area contributed by atoms with Crippen LogP contribution < -0.4 is 4.90 Å². The lowest BCUT2D eigenvalue weighted by Crippen LogP contribution is -2.28. The predicted octanol–water partition coefficient (Wildman–Crippen LogP) is 4.00. The molecule has 1 aromatic heterocycles. The average molecular weight is 486 g/mol. The van der Waals surface area contributed by atoms with Crippen molar-refractivity contribution in [2.75, 3.05) is 18.1 Å². The van der Waals surface area contributed by atoms with Crippen molar-refractivity contribution in [3.8, 4) is 0 Å². The normalized spacial score (nSPS) is 17.9. The van der Waals surface area contributed by atoms with Crippen LogP contribution in [0, 0.1) is 0 Å². The van der Waals surface area contributed by atoms with Gasteiger partial charge in [0.25, 0.3) is 9.84 Å². The molecule has 0 saturated carbocycles. The van der Waals surface area contributed by atoms with E-state index >= 15 is 0 Å². The molecule has 1 aromatic carbocycles. The number of hydrogen-bond acceptors (Lipinski definition) is 7. The Labute approximate surface area is 191 Å². The van der Waals surface area contributed by atoms with Gasteiger partial charge >= 0.3 is 11.5 Å². The first kappa shape index (κ1) is 25.0. The number of nitrogens with zero attached hydrogens (tertiary/aromatic N) is 3. The van der Waals surface area contributed by atoms with E-state index < -0.39 is 31.8 Å². The molecule has 1 unspecified atom stereocenters. The van der Waals surface area contributed by atoms with Crippen molar-refractivity contribution in [3.63, 3.8) is 0 Å². The quantitative estimate of drug-likeness (QED) is 0.593. The lowest BCUT2D eigenvalue weighted by molar-refractivity contribution is -0.0436. The maximum Gasteiger partial charge on any atom is 0.501 e. The highest BCUT2D eigenvalue weighted by molar-refractivity contribution is 7.92. The number of carbonyl (C=O) groups is 1. The first-order valence-electron chi connectivity index (χ1n) is 10.3. The number of sulfone groups is 1. The van der Waals surface area contributed by atoms with E-state index in [9.17, 15) is 26.4 Å². The molecule has 33 heavy (non-hydrogen) atoms. The predicted molar refractivity (Wildman–Crippen MR) is 116 cm³/mol. The van der Waals surface area contributed by atoms with Crippen LogP contribution in [-0.2, 0) is 21.1 Å². The molecule has 0 spiro atoms. The Kier molecular flexibility index (Phi) is 6.77. The molecule has 3 rings (SSSR count). The van der Waals surface area contributed by atoms with Crippen LogP contribution in [0.3, 0.4) is 0 Å². The Hall–Kier alpha value is -2.66. The summed E-state index contributed by atoms with van der Waals surface area (Å²) in [5.74, 6) is -0.505. The number of esters is 1. The summed E-state index contributed by atoms with van der Waals surface area (Å²) in [6.07, 6.45) is 1.55. The van der Waals surface area contributed by atoms with Gasteiger partial charge in [0.05, 0.1) is 11.6 Å². The minimum atomic E-state index is -5.37. The van der Waals surface area contributed by atoms with Crippen LogP contribution in [0.1, 0.15) is 43.7 Å². The summed E-state index contributed by atoms with van der Waals surface area (Å²) >= 11 is 0. The molecule has 1 aliphatic rings. The maximum atomic E-state index is 12.8. The summed E-state index contributed by atoms with van der Waals surface area (Å²) in [7, 11) is -5.37. The van der Waals surface area contributed by atoms with Gasteiger partial charge in [-0.25, -0.2) is 18.2 Å². The largest absolute Gasteiger partial charge is 0.501 e. The van der Waals surface area contributed by atoms with Crippen LogP contribution in [0.15, 0.2) is 47.5 Å². The van der Waals surface area contributed by atoms with Crippen LogP contribution in [0.4, 0.5) is 18.9 Å². The number of halogens is 3. The van der Waals surface area contributed by atoms with Gasteiger partial charge in [0, 0.05) is 31.0 Å². The molecule has 2 aromatic rings. The van der Waals surface area contributed by atoms with Crippen LogP contribution in [-0.4, -0.2) is 54.6 Å². The van der Waals surface area contributed by atoms with E-state index in [2.05, 4.69) is 9.88 Å². The number of aromatic nitrogens is 1. The van der Waals surface area contributed by atoms with E-state index in [1.54, 1.807) is 39.1 Å². The minimum absolute atomic E-state index is 0.113. The summed E-state index contributed by atoms with van der Waals surface area (Å²) in [6, 6.07) is 8.30. The molecule has 0 aliphatic carbocycles. The molecule has 1 aliphatic heterocycles. The van der Waals surface area contributed by atoms with Gasteiger partial charge in [-0.1, -0.05) is 0 Å². The second-order valence-corrected chi connectivity index (χ2v) is 10.9. The molecule has 0 bridgehead atoms. The highest BCUT2D eigenvalue weighted by atomic mass is 32.2. The average Bonchev–Trinajstić information content (AvgIpc) is 3.06. The number of benzene rings is 1. The van der Waals surface area contributed by atoms with Crippen molar-refractivity contribution in [1.82, 2.24) is 9.88 Å². The van der Waals surface area contributed by atoms with Gasteiger partial charge in [-0.05, 0) is 69.7 Å². The summed E-state index contributed by atoms with van der Waals surface area (Å²) in [5, 5.41) is 0. The van der Waals surface area contributed by atoms with Crippen molar-refractivity contribution < 1.29 is 31.1 Å². The second-order valence-electron chi connectivity index (χ2n) is 8.95. The van der Waals surface area contributed by atoms with E-state index in [4.69, 9.17) is 4.74 Å². The van der Waals surface area contributed by atoms with Gasteiger partial charge in [0.2, 0.25) is 0 Å². The lowest BCUT2D eigenvalue weighted by atomic mass is 10.1. The zero-order chi connectivity index (χ0) is 24.6. The Balaban J connectivity index is 1.70. The van der Waals surface area contributed by atoms with Crippen LogP contribution in [0.5, 0.6) is 0 Å². The fourth-order valence-corrected chi connectivity index (χ4v) is 4.22. The summed E-state index contributed by atoms with van der Waals surface area (Å²) in [5.41, 5.74) is -4.27. The molecule has 1 fully saturated rings. The SMILES string of the molecule is CC1CN(c2ccc(S(=O)(=O)C(F)(F)F)cc2)CN1Cc1ccnc(C(=O)OC(C)(C)C)c1. The van der Waals surface area contributed by atoms with Crippen molar-refractivity contribution in [3.05, 3.63) is 53.9 Å². The first-order chi connectivity index (χ1) is 15.2. The molecular formula is C22H26F3N3O4S. The molecule has 7 nitrogen and oxygen atoms in total. The summed E-state index contributed by atoms with van der Waals surface area (Å²) < 4.78 is 66.7. The minimum Gasteiger partial charge on any atom is -0.455 e. The van der Waals surface area contributed by atoms with Gasteiger partial charge in [0.1, 0.15) is 11.3 Å². The summed E-state index contributed by atoms with van der Waals surface area (Å²) in [6.45, 7) is 8.96. The van der Waals surface area contributed by atoms with Gasteiger partial charge in [0.15, 0.2) is 0 Å². The number of hydrogen-bond donors (Lipinski definition) is 0. The summed E-state index contributed by atoms with van der Waals surface area (Å²) in [4.78, 5) is 19.7. The van der Waals surface area contributed by atoms with Gasteiger partial charge in [-0.3, -0.25) is 4.90 Å². The number of pyridine rings is 1. The standard InChI is InChI=1S/C22H26F3N3O4S/c1-15-12-28(17-5-7-18(8-6-17)33(30,31)22(23,24)25)14-27(15)13-16-9-10-26-19(11-16)20(29)32-21(2,3)4/h5-11,15H,12-14H2,1-4H3. The third kappa shape index (κ3) is 5.83. The van der Waals surface area contributed by atoms with E-state index in [1.807, 2.05) is 11.8 Å². The molecule has 11 heteroatoms. The fraction of sp³-hybridized carbons (Fsp3) is 0.455. The van der Waals surface area contributed by atoms with Gasteiger partial charge in [-0.15, -0.1) is 0 Å². The Morgan fingerprint density at radius 1 is 1.15 bits per heavy atom. The van der Waals surface area contributed by atoms with E-state index in [-0.39, 0.29) is 11.7 Å². The smallest absolute Gasteiger partial charge is 0.455 e. The topological polar surface area (TPSA) is 79.8 Å². The highest BCUT2D eigenvalue weighted by Gasteiger charge is 2.46. The molecule has 1 saturated heterocycles. The lowest BCUT2D eigenvalue weighted by Gasteiger charge is -2.22. The Morgan fingerprint density at radius 2 is 1.79 bits per heavy atom. The molecule has 2 heterocycles. The third-order valence-electron chi connectivity index (χ3n) is 5.10. The van der Waals surface area contributed by atoms with E-state index in [1.165, 1.54) is 12.1 Å². The van der Waals surface area contributed by atoms with Crippen molar-refractivity contribution >= 4 is 21.5 Å². The van der Waals surface area contributed by atoms with Crippen molar-refractivity contribution in [1.29, 1.82) is 0 Å². The van der Waals surface area contributed by atoms with E-state index in [0.29, 0.717) is 25.4 Å². The van der Waals surface area contributed by atoms with Crippen molar-refractivity contribution in [2.45, 2.75) is 56.3 Å². The fourth-order valence-electron chi connectivity index (χ4n) is 3.46. The molecule has 0 amide bonds. The zero-order valence-corrected chi connectivity index (χ0v) is 19.6. The number of rotatable bonds is 5. The second kappa shape index (κ2) is 8.94. The number of anilines is 1. The highest BCUT2D eigenvalue weighted by Crippen LogP contribution is 2.32. The van der Waals surface area contributed by atoms with Gasteiger partial charge in [-0.2, -0.15) is 13.2 Å². The van der Waals surface area contributed by atoms with E-state index in [0.717, 1.165) is 17.7 Å². The maximum absolute atomic E-state index is 12.8. The Morgan fingerprint density at radius 3 is 2.36 bits per heavy atom. The molecular weight excluding hydrogens is 459 g/mol. The Bertz CT molecular complexity index is 1110. The third-order valence-corrected chi connectivity index (χ3v) is 6.60. The van der Waals surface area contributed by atoms with Crippen LogP contribution in [0.25, 0.3) is 0 Å². The molecule has 180 valence electrons. The molecule has 0 N–H and O–H groups in total. The van der Waals surface area contributed by atoms with Crippen molar-refractivity contribution in [2.24, 2.45) is 0 Å². The number of alkyl halides is 3. The zero-order valence-electron chi connectivity index (χ0n) is 18.8. The number of ether oxygens (including phenoxy) is 1. The molecule has 0 radical (unpaired) electrons. The van der Waals surface area contributed by atoms with Gasteiger partial charge < -0.3 is 9.64 Å². The van der Waals surface area contributed by atoms with Crippen LogP contribution >= 0.6 is 0 Å². The first-order valence-corrected chi connectivity index (χ1v) is 11.7. The number of carbonyl (C=O) groups excluding carboxylic acids is 1. The van der Waals surface area contributed by atoms with Crippen LogP contribution in [0.2, 0.25) is 0 Å². The monoisotopic (exact) mass is 485 g/mol.